The van der Waals surface area contributed by atoms with Crippen LogP contribution in [-0.2, 0) is 14.8 Å². The number of nitrogens with one attached hydrogen (secondary N) is 1. The minimum atomic E-state index is -3.82. The van der Waals surface area contributed by atoms with Gasteiger partial charge in [-0.15, -0.1) is 11.3 Å². The van der Waals surface area contributed by atoms with Crippen molar-refractivity contribution in [3.05, 3.63) is 53.7 Å². The van der Waals surface area contributed by atoms with Gasteiger partial charge in [-0.1, -0.05) is 23.4 Å². The summed E-state index contributed by atoms with van der Waals surface area (Å²) >= 11 is 1.19. The molecule has 1 aromatic carbocycles. The Hall–Kier alpha value is -2.72. The first-order valence-electron chi connectivity index (χ1n) is 7.67. The number of rotatable bonds is 7. The normalized spacial score (nSPS) is 11.3. The summed E-state index contributed by atoms with van der Waals surface area (Å²) in [5, 5.41) is 8.24. The number of carbonyl (C=O) groups is 1. The fourth-order valence-electron chi connectivity index (χ4n) is 2.21. The quantitative estimate of drug-likeness (QED) is 0.663. The van der Waals surface area contributed by atoms with E-state index >= 15 is 0 Å². The van der Waals surface area contributed by atoms with Gasteiger partial charge in [-0.25, -0.2) is 17.7 Å². The summed E-state index contributed by atoms with van der Waals surface area (Å²) in [5.41, 5.74) is 0. The van der Waals surface area contributed by atoms with Crippen molar-refractivity contribution < 1.29 is 17.7 Å². The van der Waals surface area contributed by atoms with Gasteiger partial charge in [0.05, 0.1) is 4.90 Å². The zero-order chi connectivity index (χ0) is 18.6. The summed E-state index contributed by atoms with van der Waals surface area (Å²) in [6.45, 7) is 1.66. The Balaban J connectivity index is 1.76. The molecule has 0 spiro atoms. The minimum absolute atomic E-state index is 0.0482. The molecule has 0 saturated carbocycles. The Morgan fingerprint density at radius 3 is 2.69 bits per heavy atom. The van der Waals surface area contributed by atoms with E-state index in [2.05, 4.69) is 15.5 Å². The first kappa shape index (κ1) is 18.1. The van der Waals surface area contributed by atoms with E-state index in [0.29, 0.717) is 16.7 Å². The molecule has 0 radical (unpaired) electrons. The van der Waals surface area contributed by atoms with E-state index in [4.69, 9.17) is 4.52 Å². The summed E-state index contributed by atoms with van der Waals surface area (Å²) in [6.07, 6.45) is 1.46. The number of benzene rings is 1. The summed E-state index contributed by atoms with van der Waals surface area (Å²) < 4.78 is 31.9. The van der Waals surface area contributed by atoms with Crippen LogP contribution in [0.5, 0.6) is 0 Å². The summed E-state index contributed by atoms with van der Waals surface area (Å²) in [5.74, 6) is 0.485. The van der Waals surface area contributed by atoms with Crippen LogP contribution in [0.4, 0.5) is 10.9 Å². The Kier molecular flexibility index (Phi) is 5.33. The highest BCUT2D eigenvalue weighted by Crippen LogP contribution is 2.25. The van der Waals surface area contributed by atoms with Crippen LogP contribution in [-0.4, -0.2) is 31.0 Å². The molecule has 0 saturated heterocycles. The maximum absolute atomic E-state index is 12.9. The van der Waals surface area contributed by atoms with Crippen molar-refractivity contribution in [3.8, 4) is 0 Å². The summed E-state index contributed by atoms with van der Waals surface area (Å²) in [4.78, 5) is 16.3. The molecule has 3 aromatic rings. The maximum atomic E-state index is 12.9. The third-order valence-corrected chi connectivity index (χ3v) is 6.11. The van der Waals surface area contributed by atoms with Crippen LogP contribution in [0.25, 0.3) is 0 Å². The van der Waals surface area contributed by atoms with E-state index in [1.165, 1.54) is 29.7 Å². The van der Waals surface area contributed by atoms with Crippen LogP contribution in [0.15, 0.2) is 57.4 Å². The van der Waals surface area contributed by atoms with Crippen LogP contribution >= 0.6 is 11.3 Å². The average Bonchev–Trinajstić information content (AvgIpc) is 3.28. The molecule has 0 atom stereocenters. The van der Waals surface area contributed by atoms with Crippen LogP contribution in [0.2, 0.25) is 0 Å². The largest absolute Gasteiger partial charge is 0.360 e. The standard InChI is InChI=1S/C16H16N4O4S2/c1-12-11-14(19-24-12)18-15(21)7-9-20(16-17-8-10-25-16)26(22,23)13-5-3-2-4-6-13/h2-6,8,10-11H,7,9H2,1H3,(H,18,19,21). The molecule has 0 unspecified atom stereocenters. The van der Waals surface area contributed by atoms with Crippen molar-refractivity contribution in [1.82, 2.24) is 10.1 Å². The number of nitrogens with zero attached hydrogens (tertiary/aromatic N) is 3. The van der Waals surface area contributed by atoms with Crippen molar-refractivity contribution in [2.24, 2.45) is 0 Å². The molecule has 0 aliphatic heterocycles. The lowest BCUT2D eigenvalue weighted by Crippen LogP contribution is -2.34. The van der Waals surface area contributed by atoms with Gasteiger partial charge in [-0.05, 0) is 19.1 Å². The summed E-state index contributed by atoms with van der Waals surface area (Å²) in [7, 11) is -3.82. The predicted octanol–water partition coefficient (Wildman–Crippen LogP) is 2.66. The Bertz CT molecular complexity index is 969. The minimum Gasteiger partial charge on any atom is -0.360 e. The van der Waals surface area contributed by atoms with Crippen LogP contribution in [0.1, 0.15) is 12.2 Å². The highest BCUT2D eigenvalue weighted by Gasteiger charge is 2.27. The van der Waals surface area contributed by atoms with Gasteiger partial charge in [-0.3, -0.25) is 4.79 Å². The molecule has 2 heterocycles. The van der Waals surface area contributed by atoms with Gasteiger partial charge >= 0.3 is 0 Å². The number of amides is 1. The first-order chi connectivity index (χ1) is 12.5. The second kappa shape index (κ2) is 7.67. The fourth-order valence-corrected chi connectivity index (χ4v) is 4.55. The van der Waals surface area contributed by atoms with E-state index in [1.54, 1.807) is 36.6 Å². The zero-order valence-corrected chi connectivity index (χ0v) is 15.5. The first-order valence-corrected chi connectivity index (χ1v) is 9.99. The number of thiazole rings is 1. The monoisotopic (exact) mass is 392 g/mol. The van der Waals surface area contributed by atoms with Crippen LogP contribution in [0, 0.1) is 6.92 Å². The van der Waals surface area contributed by atoms with Gasteiger partial charge in [0, 0.05) is 30.6 Å². The van der Waals surface area contributed by atoms with Crippen molar-refractivity contribution in [3.63, 3.8) is 0 Å². The number of sulfonamides is 1. The van der Waals surface area contributed by atoms with Crippen molar-refractivity contribution in [2.75, 3.05) is 16.2 Å². The van der Waals surface area contributed by atoms with Crippen molar-refractivity contribution in [1.29, 1.82) is 0 Å². The topological polar surface area (TPSA) is 105 Å². The fraction of sp³-hybridized carbons (Fsp3) is 0.188. The lowest BCUT2D eigenvalue weighted by molar-refractivity contribution is -0.116. The second-order valence-corrected chi connectivity index (χ2v) is 8.06. The number of carbonyl (C=O) groups excluding carboxylic acids is 1. The van der Waals surface area contributed by atoms with E-state index in [9.17, 15) is 13.2 Å². The lowest BCUT2D eigenvalue weighted by atomic mass is 10.4. The third kappa shape index (κ3) is 4.09. The molecule has 0 aliphatic rings. The SMILES string of the molecule is Cc1cc(NC(=O)CCN(c2nccs2)S(=O)(=O)c2ccccc2)no1. The van der Waals surface area contributed by atoms with E-state index in [1.807, 2.05) is 0 Å². The van der Waals surface area contributed by atoms with Gasteiger partial charge in [-0.2, -0.15) is 0 Å². The molecule has 136 valence electrons. The average molecular weight is 392 g/mol. The number of aromatic nitrogens is 2. The van der Waals surface area contributed by atoms with Crippen LogP contribution < -0.4 is 9.62 Å². The molecular formula is C16H16N4O4S2. The number of anilines is 2. The Morgan fingerprint density at radius 2 is 2.08 bits per heavy atom. The molecule has 10 heteroatoms. The lowest BCUT2D eigenvalue weighted by Gasteiger charge is -2.21. The highest BCUT2D eigenvalue weighted by atomic mass is 32.2. The highest BCUT2D eigenvalue weighted by molar-refractivity contribution is 7.93. The van der Waals surface area contributed by atoms with Crippen LogP contribution in [0.3, 0.4) is 0 Å². The molecule has 8 nitrogen and oxygen atoms in total. The van der Waals surface area contributed by atoms with Gasteiger partial charge in [0.1, 0.15) is 5.76 Å². The number of hydrogen-bond acceptors (Lipinski definition) is 7. The molecule has 1 N–H and O–H groups in total. The Morgan fingerprint density at radius 1 is 1.31 bits per heavy atom. The third-order valence-electron chi connectivity index (χ3n) is 3.40. The van der Waals surface area contributed by atoms with Gasteiger partial charge < -0.3 is 9.84 Å². The van der Waals surface area contributed by atoms with Gasteiger partial charge in [0.15, 0.2) is 10.9 Å². The number of aryl methyl sites for hydroxylation is 1. The van der Waals surface area contributed by atoms with Crippen molar-refractivity contribution >= 4 is 38.2 Å². The van der Waals surface area contributed by atoms with E-state index in [-0.39, 0.29) is 23.8 Å². The molecule has 2 aromatic heterocycles. The Labute approximate surface area is 154 Å². The molecule has 0 aliphatic carbocycles. The maximum Gasteiger partial charge on any atom is 0.266 e. The summed E-state index contributed by atoms with van der Waals surface area (Å²) in [6, 6.07) is 9.62. The molecular weight excluding hydrogens is 376 g/mol. The number of hydrogen-bond donors (Lipinski definition) is 1. The zero-order valence-electron chi connectivity index (χ0n) is 13.8. The second-order valence-electron chi connectivity index (χ2n) is 5.33. The molecule has 0 fully saturated rings. The van der Waals surface area contributed by atoms with Gasteiger partial charge in [0.2, 0.25) is 5.91 Å². The molecule has 1 amide bonds. The smallest absolute Gasteiger partial charge is 0.266 e. The molecule has 0 bridgehead atoms. The molecule has 26 heavy (non-hydrogen) atoms. The van der Waals surface area contributed by atoms with Crippen molar-refractivity contribution in [2.45, 2.75) is 18.2 Å². The van der Waals surface area contributed by atoms with E-state index < -0.39 is 10.0 Å². The predicted molar refractivity (Wildman–Crippen MR) is 97.6 cm³/mol. The van der Waals surface area contributed by atoms with Gasteiger partial charge in [0.25, 0.3) is 10.0 Å². The molecule has 3 rings (SSSR count). The van der Waals surface area contributed by atoms with E-state index in [0.717, 1.165) is 4.31 Å².